The van der Waals surface area contributed by atoms with Crippen LogP contribution in [0.5, 0.6) is 0 Å². The molecule has 3 nitrogen and oxygen atoms in total. The molecule has 14 heavy (non-hydrogen) atoms. The number of carbonyl (C=O) groups excluding carboxylic acids is 1. The van der Waals surface area contributed by atoms with E-state index in [1.54, 1.807) is 0 Å². The van der Waals surface area contributed by atoms with Crippen LogP contribution in [0.25, 0.3) is 0 Å². The van der Waals surface area contributed by atoms with Crippen molar-refractivity contribution in [3.8, 4) is 0 Å². The summed E-state index contributed by atoms with van der Waals surface area (Å²) in [6, 6.07) is 0.744. The summed E-state index contributed by atoms with van der Waals surface area (Å²) >= 11 is 1.89. The Morgan fingerprint density at radius 1 is 1.29 bits per heavy atom. The van der Waals surface area contributed by atoms with Gasteiger partial charge in [-0.25, -0.2) is 0 Å². The van der Waals surface area contributed by atoms with Crippen LogP contribution < -0.4 is 10.6 Å². The van der Waals surface area contributed by atoms with Gasteiger partial charge in [-0.05, 0) is 25.0 Å². The molecule has 0 bridgehead atoms. The summed E-state index contributed by atoms with van der Waals surface area (Å²) in [5, 5.41) is 6.38. The van der Waals surface area contributed by atoms with Gasteiger partial charge >= 0.3 is 0 Å². The van der Waals surface area contributed by atoms with E-state index in [0.29, 0.717) is 0 Å². The third kappa shape index (κ3) is 3.17. The molecule has 1 saturated carbocycles. The van der Waals surface area contributed by atoms with Crippen molar-refractivity contribution in [3.05, 3.63) is 0 Å². The predicted molar refractivity (Wildman–Crippen MR) is 59.5 cm³/mol. The normalized spacial score (nSPS) is 26.4. The lowest BCUT2D eigenvalue weighted by Gasteiger charge is -2.09. The van der Waals surface area contributed by atoms with Gasteiger partial charge in [-0.3, -0.25) is 4.79 Å². The highest BCUT2D eigenvalue weighted by molar-refractivity contribution is 7.99. The van der Waals surface area contributed by atoms with Crippen LogP contribution in [-0.2, 0) is 4.79 Å². The van der Waals surface area contributed by atoms with Gasteiger partial charge in [-0.2, -0.15) is 11.8 Å². The van der Waals surface area contributed by atoms with Gasteiger partial charge in [0.15, 0.2) is 0 Å². The third-order valence-corrected chi connectivity index (χ3v) is 3.90. The fourth-order valence-electron chi connectivity index (χ4n) is 1.64. The van der Waals surface area contributed by atoms with Crippen LogP contribution in [0.1, 0.15) is 19.3 Å². The van der Waals surface area contributed by atoms with E-state index in [2.05, 4.69) is 10.6 Å². The molecule has 1 aliphatic heterocycles. The predicted octanol–water partition coefficient (Wildman–Crippen LogP) is 0.608. The summed E-state index contributed by atoms with van der Waals surface area (Å²) in [6.07, 6.45) is 3.69. The Labute approximate surface area is 89.4 Å². The minimum Gasteiger partial charge on any atom is -0.355 e. The molecule has 80 valence electrons. The molecule has 4 heteroatoms. The maximum Gasteiger partial charge on any atom is 0.224 e. The van der Waals surface area contributed by atoms with Crippen molar-refractivity contribution in [2.24, 2.45) is 5.92 Å². The molecule has 1 aliphatic carbocycles. The minimum absolute atomic E-state index is 0.257. The van der Waals surface area contributed by atoms with Crippen molar-refractivity contribution >= 4 is 17.7 Å². The molecule has 1 amide bonds. The number of thioether (sulfide) groups is 1. The van der Waals surface area contributed by atoms with Crippen molar-refractivity contribution in [2.75, 3.05) is 24.6 Å². The number of carbonyl (C=O) groups is 1. The topological polar surface area (TPSA) is 41.1 Å². The molecular formula is C10H18N2OS. The minimum atomic E-state index is 0.257. The van der Waals surface area contributed by atoms with Gasteiger partial charge in [0.05, 0.1) is 0 Å². The van der Waals surface area contributed by atoms with Crippen LogP contribution in [0.2, 0.25) is 0 Å². The van der Waals surface area contributed by atoms with Gasteiger partial charge in [0.2, 0.25) is 5.91 Å². The zero-order valence-corrected chi connectivity index (χ0v) is 9.24. The SMILES string of the molecule is O=C(NCCNC1CC1)C1CCSC1. The Kier molecular flexibility index (Phi) is 3.70. The molecule has 1 atom stereocenters. The molecule has 2 aliphatic rings. The zero-order valence-electron chi connectivity index (χ0n) is 8.42. The van der Waals surface area contributed by atoms with E-state index in [1.807, 2.05) is 11.8 Å². The molecule has 1 heterocycles. The largest absolute Gasteiger partial charge is 0.355 e. The van der Waals surface area contributed by atoms with Crippen LogP contribution >= 0.6 is 11.8 Å². The van der Waals surface area contributed by atoms with Crippen molar-refractivity contribution in [2.45, 2.75) is 25.3 Å². The van der Waals surface area contributed by atoms with Gasteiger partial charge in [0, 0.05) is 30.8 Å². The number of nitrogens with one attached hydrogen (secondary N) is 2. The Morgan fingerprint density at radius 3 is 2.79 bits per heavy atom. The highest BCUT2D eigenvalue weighted by Gasteiger charge is 2.23. The van der Waals surface area contributed by atoms with Gasteiger partial charge in [-0.1, -0.05) is 0 Å². The van der Waals surface area contributed by atoms with Gasteiger partial charge < -0.3 is 10.6 Å². The monoisotopic (exact) mass is 214 g/mol. The molecule has 1 unspecified atom stereocenters. The lowest BCUT2D eigenvalue weighted by atomic mass is 10.1. The van der Waals surface area contributed by atoms with E-state index in [9.17, 15) is 4.79 Å². The molecular weight excluding hydrogens is 196 g/mol. The Bertz CT molecular complexity index is 200. The second-order valence-electron chi connectivity index (χ2n) is 4.08. The van der Waals surface area contributed by atoms with Crippen LogP contribution in [-0.4, -0.2) is 36.5 Å². The molecule has 2 N–H and O–H groups in total. The molecule has 0 aromatic heterocycles. The smallest absolute Gasteiger partial charge is 0.224 e. The van der Waals surface area contributed by atoms with Crippen molar-refractivity contribution in [3.63, 3.8) is 0 Å². The number of hydrogen-bond donors (Lipinski definition) is 2. The lowest BCUT2D eigenvalue weighted by molar-refractivity contribution is -0.124. The molecule has 0 spiro atoms. The molecule has 1 saturated heterocycles. The van der Waals surface area contributed by atoms with E-state index in [1.165, 1.54) is 12.8 Å². The molecule has 0 radical (unpaired) electrons. The maximum absolute atomic E-state index is 11.6. The maximum atomic E-state index is 11.6. The second kappa shape index (κ2) is 5.03. The second-order valence-corrected chi connectivity index (χ2v) is 5.23. The van der Waals surface area contributed by atoms with E-state index in [0.717, 1.165) is 37.1 Å². The van der Waals surface area contributed by atoms with E-state index in [4.69, 9.17) is 0 Å². The van der Waals surface area contributed by atoms with Crippen molar-refractivity contribution in [1.29, 1.82) is 0 Å². The Hall–Kier alpha value is -0.220. The van der Waals surface area contributed by atoms with Crippen LogP contribution in [0, 0.1) is 5.92 Å². The summed E-state index contributed by atoms with van der Waals surface area (Å²) in [7, 11) is 0. The van der Waals surface area contributed by atoms with E-state index < -0.39 is 0 Å². The summed E-state index contributed by atoms with van der Waals surface area (Å²) in [5.41, 5.74) is 0. The molecule has 2 rings (SSSR count). The van der Waals surface area contributed by atoms with E-state index >= 15 is 0 Å². The summed E-state index contributed by atoms with van der Waals surface area (Å²) in [6.45, 7) is 1.72. The van der Waals surface area contributed by atoms with Crippen LogP contribution in [0.15, 0.2) is 0 Å². The molecule has 0 aromatic carbocycles. The van der Waals surface area contributed by atoms with Gasteiger partial charge in [-0.15, -0.1) is 0 Å². The molecule has 0 aromatic rings. The number of rotatable bonds is 5. The van der Waals surface area contributed by atoms with Crippen molar-refractivity contribution < 1.29 is 4.79 Å². The van der Waals surface area contributed by atoms with Crippen LogP contribution in [0.4, 0.5) is 0 Å². The van der Waals surface area contributed by atoms with E-state index in [-0.39, 0.29) is 11.8 Å². The Balaban J connectivity index is 1.52. The lowest BCUT2D eigenvalue weighted by Crippen LogP contribution is -2.36. The van der Waals surface area contributed by atoms with Crippen LogP contribution in [0.3, 0.4) is 0 Å². The number of hydrogen-bond acceptors (Lipinski definition) is 3. The average molecular weight is 214 g/mol. The first-order valence-corrected chi connectivity index (χ1v) is 6.60. The zero-order chi connectivity index (χ0) is 9.80. The average Bonchev–Trinajstić information content (AvgIpc) is 2.84. The fraction of sp³-hybridized carbons (Fsp3) is 0.900. The molecule has 2 fully saturated rings. The summed E-state index contributed by atoms with van der Waals surface area (Å²) in [5.74, 6) is 2.70. The standard InChI is InChI=1S/C10H18N2OS/c13-10(8-3-6-14-7-8)12-5-4-11-9-1-2-9/h8-9,11H,1-7H2,(H,12,13). The quantitative estimate of drug-likeness (QED) is 0.659. The third-order valence-electron chi connectivity index (χ3n) is 2.74. The first-order chi connectivity index (χ1) is 6.86. The summed E-state index contributed by atoms with van der Waals surface area (Å²) < 4.78 is 0. The number of amides is 1. The van der Waals surface area contributed by atoms with Gasteiger partial charge in [0.1, 0.15) is 0 Å². The Morgan fingerprint density at radius 2 is 2.14 bits per heavy atom. The van der Waals surface area contributed by atoms with Crippen molar-refractivity contribution in [1.82, 2.24) is 10.6 Å². The first kappa shape index (κ1) is 10.3. The first-order valence-electron chi connectivity index (χ1n) is 5.45. The fourth-order valence-corrected chi connectivity index (χ4v) is 2.86. The van der Waals surface area contributed by atoms with Gasteiger partial charge in [0.25, 0.3) is 0 Å². The highest BCUT2D eigenvalue weighted by Crippen LogP contribution is 2.23. The highest BCUT2D eigenvalue weighted by atomic mass is 32.2. The summed E-state index contributed by atoms with van der Waals surface area (Å²) in [4.78, 5) is 11.6.